The first kappa shape index (κ1) is 20.7. The van der Waals surface area contributed by atoms with Gasteiger partial charge in [-0.15, -0.1) is 0 Å². The monoisotopic (exact) mass is 426 g/mol. The molecule has 31 heavy (non-hydrogen) atoms. The number of ether oxygens (including phenoxy) is 1. The first-order chi connectivity index (χ1) is 15.0. The maximum Gasteiger partial charge on any atom is 0.332 e. The van der Waals surface area contributed by atoms with Gasteiger partial charge in [0.1, 0.15) is 23.1 Å². The van der Waals surface area contributed by atoms with E-state index in [1.807, 2.05) is 30.3 Å². The van der Waals surface area contributed by atoms with Crippen molar-refractivity contribution >= 4 is 11.5 Å². The van der Waals surface area contributed by atoms with Crippen LogP contribution in [0.3, 0.4) is 0 Å². The van der Waals surface area contributed by atoms with Gasteiger partial charge in [-0.25, -0.2) is 9.18 Å². The fourth-order valence-electron chi connectivity index (χ4n) is 3.62. The highest BCUT2D eigenvalue weighted by Gasteiger charge is 2.36. The third kappa shape index (κ3) is 4.04. The molecule has 0 saturated carbocycles. The van der Waals surface area contributed by atoms with Crippen LogP contribution < -0.4 is 26.2 Å². The van der Waals surface area contributed by atoms with Gasteiger partial charge in [-0.05, 0) is 24.1 Å². The summed E-state index contributed by atoms with van der Waals surface area (Å²) in [6.07, 6.45) is -0.549. The minimum Gasteiger partial charge on any atom is -0.452 e. The number of aromatic nitrogens is 2. The zero-order valence-corrected chi connectivity index (χ0v) is 17.0. The van der Waals surface area contributed by atoms with Crippen LogP contribution in [0.25, 0.3) is 0 Å². The minimum absolute atomic E-state index is 0.101. The molecule has 1 aliphatic heterocycles. The highest BCUT2D eigenvalue weighted by Crippen LogP contribution is 2.32. The molecule has 2 heterocycles. The summed E-state index contributed by atoms with van der Waals surface area (Å²) in [5, 5.41) is 12.2. The van der Waals surface area contributed by atoms with Crippen LogP contribution in [0, 0.1) is 5.82 Å². The Morgan fingerprint density at radius 2 is 1.90 bits per heavy atom. The average molecular weight is 426 g/mol. The molecule has 0 spiro atoms. The van der Waals surface area contributed by atoms with E-state index in [0.29, 0.717) is 12.4 Å². The Balaban J connectivity index is 1.79. The van der Waals surface area contributed by atoms with Gasteiger partial charge in [-0.1, -0.05) is 36.4 Å². The topological polar surface area (TPSA) is 88.7 Å². The number of hydrogen-bond donors (Lipinski definition) is 2. The maximum absolute atomic E-state index is 13.7. The molecule has 2 aromatic carbocycles. The maximum atomic E-state index is 13.7. The number of anilines is 2. The summed E-state index contributed by atoms with van der Waals surface area (Å²) in [6.45, 7) is 0.294. The molecule has 8 nitrogen and oxygen atoms in total. The Hall–Kier alpha value is -3.59. The lowest BCUT2D eigenvalue weighted by atomic mass is 10.2. The number of nitrogens with one attached hydrogen (secondary N) is 1. The van der Waals surface area contributed by atoms with Crippen LogP contribution in [0.5, 0.6) is 5.75 Å². The van der Waals surface area contributed by atoms with Crippen molar-refractivity contribution < 1.29 is 14.2 Å². The molecule has 0 aliphatic carbocycles. The third-order valence-electron chi connectivity index (χ3n) is 5.14. The van der Waals surface area contributed by atoms with Crippen molar-refractivity contribution in [1.82, 2.24) is 9.13 Å². The third-order valence-corrected chi connectivity index (χ3v) is 5.14. The molecule has 9 heteroatoms. The van der Waals surface area contributed by atoms with Gasteiger partial charge in [0.2, 0.25) is 0 Å². The Bertz CT molecular complexity index is 1190. The normalized spacial score (nSPS) is 14.9. The molecule has 0 amide bonds. The van der Waals surface area contributed by atoms with Crippen LogP contribution in [0.4, 0.5) is 15.9 Å². The van der Waals surface area contributed by atoms with Crippen molar-refractivity contribution in [3.63, 3.8) is 0 Å². The van der Waals surface area contributed by atoms with Crippen LogP contribution in [0.15, 0.2) is 64.2 Å². The summed E-state index contributed by atoms with van der Waals surface area (Å²) in [4.78, 5) is 27.7. The second-order valence-corrected chi connectivity index (χ2v) is 7.26. The largest absolute Gasteiger partial charge is 0.452 e. The van der Waals surface area contributed by atoms with Crippen molar-refractivity contribution in [3.8, 4) is 5.75 Å². The quantitative estimate of drug-likeness (QED) is 0.600. The molecule has 2 N–H and O–H groups in total. The molecular formula is C22H23FN4O4. The van der Waals surface area contributed by atoms with E-state index in [9.17, 15) is 14.0 Å². The van der Waals surface area contributed by atoms with Crippen LogP contribution >= 0.6 is 0 Å². The fourth-order valence-corrected chi connectivity index (χ4v) is 3.62. The first-order valence-electron chi connectivity index (χ1n) is 9.93. The van der Waals surface area contributed by atoms with E-state index in [1.54, 1.807) is 18.0 Å². The molecular weight excluding hydrogens is 403 g/mol. The lowest BCUT2D eigenvalue weighted by molar-refractivity contribution is 0.227. The van der Waals surface area contributed by atoms with E-state index < -0.39 is 23.4 Å². The van der Waals surface area contributed by atoms with Crippen molar-refractivity contribution in [1.29, 1.82) is 0 Å². The number of halogens is 1. The zero-order valence-electron chi connectivity index (χ0n) is 17.0. The summed E-state index contributed by atoms with van der Waals surface area (Å²) in [7, 11) is 1.56. The second kappa shape index (κ2) is 8.65. The number of aliphatic hydroxyl groups excluding tert-OH is 1. The van der Waals surface area contributed by atoms with E-state index in [-0.39, 0.29) is 31.0 Å². The molecule has 0 saturated heterocycles. The molecule has 0 bridgehead atoms. The average Bonchev–Trinajstić information content (AvgIpc) is 3.11. The van der Waals surface area contributed by atoms with E-state index in [0.717, 1.165) is 10.1 Å². The van der Waals surface area contributed by atoms with Crippen molar-refractivity contribution in [3.05, 3.63) is 86.8 Å². The zero-order chi connectivity index (χ0) is 22.0. The number of aliphatic hydroxyl groups is 1. The van der Waals surface area contributed by atoms with Gasteiger partial charge in [0.15, 0.2) is 0 Å². The van der Waals surface area contributed by atoms with Gasteiger partial charge in [-0.2, -0.15) is 0 Å². The summed E-state index contributed by atoms with van der Waals surface area (Å²) < 4.78 is 22.1. The number of benzene rings is 2. The fraction of sp³-hybridized carbons (Fsp3) is 0.273. The van der Waals surface area contributed by atoms with Crippen molar-refractivity contribution in [2.45, 2.75) is 25.9 Å². The molecule has 4 rings (SSSR count). The van der Waals surface area contributed by atoms with Gasteiger partial charge in [0.05, 0.1) is 0 Å². The number of nitrogens with zero attached hydrogens (tertiary/aromatic N) is 3. The molecule has 3 aromatic rings. The molecule has 0 radical (unpaired) electrons. The van der Waals surface area contributed by atoms with E-state index in [4.69, 9.17) is 9.84 Å². The Morgan fingerprint density at radius 1 is 1.13 bits per heavy atom. The van der Waals surface area contributed by atoms with Gasteiger partial charge in [0, 0.05) is 32.8 Å². The molecule has 1 aliphatic rings. The summed E-state index contributed by atoms with van der Waals surface area (Å²) in [6, 6.07) is 15.2. The standard InChI is InChI=1S/C22H23FN4O4/c1-25-19-18(20(29)26(22(25)30)11-6-12-28)27(14-15-7-3-2-4-8-15)21(24-19)31-17-10-5-9-16(23)13-17/h2-5,7-10,13,21,24,28H,6,11-12,14H2,1H3. The van der Waals surface area contributed by atoms with Crippen LogP contribution in [-0.4, -0.2) is 27.2 Å². The highest BCUT2D eigenvalue weighted by atomic mass is 19.1. The summed E-state index contributed by atoms with van der Waals surface area (Å²) in [5.41, 5.74) is 0.251. The molecule has 0 fully saturated rings. The van der Waals surface area contributed by atoms with Crippen LogP contribution in [-0.2, 0) is 20.1 Å². The van der Waals surface area contributed by atoms with Gasteiger partial charge >= 0.3 is 5.69 Å². The Kier molecular flexibility index (Phi) is 5.77. The minimum atomic E-state index is -0.830. The van der Waals surface area contributed by atoms with Gasteiger partial charge in [-0.3, -0.25) is 13.9 Å². The lowest BCUT2D eigenvalue weighted by Gasteiger charge is -2.26. The van der Waals surface area contributed by atoms with E-state index in [2.05, 4.69) is 5.32 Å². The van der Waals surface area contributed by atoms with Gasteiger partial charge < -0.3 is 20.1 Å². The summed E-state index contributed by atoms with van der Waals surface area (Å²) in [5.74, 6) is 0.169. The first-order valence-corrected chi connectivity index (χ1v) is 9.93. The smallest absolute Gasteiger partial charge is 0.332 e. The Labute approximate surface area is 177 Å². The number of hydrogen-bond acceptors (Lipinski definition) is 6. The molecule has 1 unspecified atom stereocenters. The Morgan fingerprint density at radius 3 is 2.61 bits per heavy atom. The second-order valence-electron chi connectivity index (χ2n) is 7.26. The lowest BCUT2D eigenvalue weighted by Crippen LogP contribution is -2.43. The van der Waals surface area contributed by atoms with E-state index in [1.165, 1.54) is 22.8 Å². The number of rotatable bonds is 7. The molecule has 162 valence electrons. The number of fused-ring (bicyclic) bond motifs is 1. The SMILES string of the molecule is Cn1c2c(c(=O)n(CCCO)c1=O)N(Cc1ccccc1)C(Oc1cccc(F)c1)N2. The summed E-state index contributed by atoms with van der Waals surface area (Å²) >= 11 is 0. The predicted octanol–water partition coefficient (Wildman–Crippen LogP) is 1.86. The van der Waals surface area contributed by atoms with E-state index >= 15 is 0 Å². The predicted molar refractivity (Wildman–Crippen MR) is 115 cm³/mol. The molecule has 1 aromatic heterocycles. The van der Waals surface area contributed by atoms with Crippen molar-refractivity contribution in [2.24, 2.45) is 7.05 Å². The van der Waals surface area contributed by atoms with Gasteiger partial charge in [0.25, 0.3) is 11.9 Å². The molecule has 1 atom stereocenters. The highest BCUT2D eigenvalue weighted by molar-refractivity contribution is 5.71. The van der Waals surface area contributed by atoms with Crippen LogP contribution in [0.2, 0.25) is 0 Å². The van der Waals surface area contributed by atoms with Crippen LogP contribution in [0.1, 0.15) is 12.0 Å². The van der Waals surface area contributed by atoms with Crippen molar-refractivity contribution in [2.75, 3.05) is 16.8 Å².